The highest BCUT2D eigenvalue weighted by atomic mass is 16.1. The molecule has 3 aliphatic rings. The third-order valence-electron chi connectivity index (χ3n) is 3.64. The number of nitrogens with one attached hydrogen (secondary N) is 1. The molecule has 1 saturated carbocycles. The van der Waals surface area contributed by atoms with Crippen LogP contribution in [0.5, 0.6) is 0 Å². The first-order valence-electron chi connectivity index (χ1n) is 4.91. The van der Waals surface area contributed by atoms with Gasteiger partial charge in [-0.3, -0.25) is 4.79 Å². The summed E-state index contributed by atoms with van der Waals surface area (Å²) in [5.74, 6) is 2.75. The van der Waals surface area contributed by atoms with Crippen LogP contribution in [0.4, 0.5) is 0 Å². The Morgan fingerprint density at radius 3 is 2.31 bits per heavy atom. The van der Waals surface area contributed by atoms with Gasteiger partial charge in [-0.2, -0.15) is 0 Å². The average molecular weight is 175 g/mol. The Balaban J connectivity index is 1.82. The van der Waals surface area contributed by atoms with Crippen molar-refractivity contribution in [2.45, 2.75) is 13.0 Å². The molecule has 3 aliphatic carbocycles. The fourth-order valence-electron chi connectivity index (χ4n) is 3.12. The van der Waals surface area contributed by atoms with Gasteiger partial charge in [-0.25, -0.2) is 0 Å². The lowest BCUT2D eigenvalue weighted by Gasteiger charge is -2.46. The van der Waals surface area contributed by atoms with Gasteiger partial charge in [0.2, 0.25) is 5.91 Å². The molecule has 0 aromatic rings. The largest absolute Gasteiger partial charge is 0.352 e. The van der Waals surface area contributed by atoms with E-state index in [1.165, 1.54) is 0 Å². The van der Waals surface area contributed by atoms with E-state index in [1.54, 1.807) is 6.92 Å². The zero-order valence-corrected chi connectivity index (χ0v) is 7.60. The minimum Gasteiger partial charge on any atom is -0.352 e. The maximum Gasteiger partial charge on any atom is 0.217 e. The van der Waals surface area contributed by atoms with E-state index in [2.05, 4.69) is 29.6 Å². The molecule has 1 N–H and O–H groups in total. The van der Waals surface area contributed by atoms with Gasteiger partial charge in [0.05, 0.1) is 0 Å². The van der Waals surface area contributed by atoms with Gasteiger partial charge in [0.15, 0.2) is 0 Å². The molecule has 2 nitrogen and oxygen atoms in total. The summed E-state index contributed by atoms with van der Waals surface area (Å²) in [7, 11) is 0. The maximum absolute atomic E-state index is 11.0. The summed E-state index contributed by atoms with van der Waals surface area (Å²) in [4.78, 5) is 11.0. The highest BCUT2D eigenvalue weighted by Crippen LogP contribution is 2.55. The highest BCUT2D eigenvalue weighted by molar-refractivity contribution is 5.73. The second kappa shape index (κ2) is 2.25. The lowest BCUT2D eigenvalue weighted by molar-refractivity contribution is -0.121. The van der Waals surface area contributed by atoms with Crippen molar-refractivity contribution >= 4 is 5.91 Å². The van der Waals surface area contributed by atoms with Gasteiger partial charge in [-0.05, 0) is 11.8 Å². The SMILES string of the molecule is CC(=O)NC1C2C=CC3C=CC1C32. The van der Waals surface area contributed by atoms with E-state index in [4.69, 9.17) is 0 Å². The Morgan fingerprint density at radius 1 is 1.15 bits per heavy atom. The maximum atomic E-state index is 11.0. The number of rotatable bonds is 1. The van der Waals surface area contributed by atoms with Gasteiger partial charge >= 0.3 is 0 Å². The van der Waals surface area contributed by atoms with Gasteiger partial charge in [-0.15, -0.1) is 0 Å². The van der Waals surface area contributed by atoms with Crippen molar-refractivity contribution in [2.24, 2.45) is 23.7 Å². The highest BCUT2D eigenvalue weighted by Gasteiger charge is 2.55. The summed E-state index contributed by atoms with van der Waals surface area (Å²) < 4.78 is 0. The van der Waals surface area contributed by atoms with Crippen LogP contribution in [0.1, 0.15) is 6.92 Å². The Hall–Kier alpha value is -1.05. The van der Waals surface area contributed by atoms with Crippen LogP contribution >= 0.6 is 0 Å². The molecule has 13 heavy (non-hydrogen) atoms. The van der Waals surface area contributed by atoms with Crippen molar-refractivity contribution in [3.8, 4) is 0 Å². The van der Waals surface area contributed by atoms with Gasteiger partial charge in [0, 0.05) is 24.8 Å². The number of amides is 1. The monoisotopic (exact) mass is 175 g/mol. The first kappa shape index (κ1) is 7.36. The number of hydrogen-bond donors (Lipinski definition) is 1. The van der Waals surface area contributed by atoms with E-state index in [0.29, 0.717) is 23.8 Å². The molecule has 0 bridgehead atoms. The zero-order valence-electron chi connectivity index (χ0n) is 7.60. The van der Waals surface area contributed by atoms with Crippen molar-refractivity contribution in [2.75, 3.05) is 0 Å². The lowest BCUT2D eigenvalue weighted by atomic mass is 9.62. The summed E-state index contributed by atoms with van der Waals surface area (Å²) in [6.07, 6.45) is 9.12. The van der Waals surface area contributed by atoms with Crippen LogP contribution in [-0.4, -0.2) is 11.9 Å². The number of hydrogen-bond acceptors (Lipinski definition) is 1. The summed E-state index contributed by atoms with van der Waals surface area (Å²) in [6.45, 7) is 1.60. The third kappa shape index (κ3) is 0.808. The first-order valence-corrected chi connectivity index (χ1v) is 4.91. The molecule has 0 radical (unpaired) electrons. The molecule has 2 unspecified atom stereocenters. The van der Waals surface area contributed by atoms with Crippen molar-refractivity contribution in [1.29, 1.82) is 0 Å². The Kier molecular flexibility index (Phi) is 1.27. The van der Waals surface area contributed by atoms with Crippen molar-refractivity contribution in [3.63, 3.8) is 0 Å². The molecular formula is C11H13NO. The summed E-state index contributed by atoms with van der Waals surface area (Å²) in [5.41, 5.74) is 0. The molecule has 3 rings (SSSR count). The fraction of sp³-hybridized carbons (Fsp3) is 0.545. The molecule has 0 spiro atoms. The molecule has 0 aromatic carbocycles. The van der Waals surface area contributed by atoms with Crippen LogP contribution in [0.2, 0.25) is 0 Å². The standard InChI is InChI=1S/C11H13NO/c1-6(13)12-11-8-4-2-7-3-5-9(11)10(7)8/h2-5,7-11H,1H3,(H,12,13). The molecule has 1 amide bonds. The Morgan fingerprint density at radius 2 is 1.77 bits per heavy atom. The molecular weight excluding hydrogens is 162 g/mol. The fourth-order valence-corrected chi connectivity index (χ4v) is 3.12. The zero-order chi connectivity index (χ0) is 9.00. The van der Waals surface area contributed by atoms with Crippen molar-refractivity contribution in [1.82, 2.24) is 5.32 Å². The molecule has 0 saturated heterocycles. The first-order chi connectivity index (χ1) is 6.27. The van der Waals surface area contributed by atoms with Crippen molar-refractivity contribution in [3.05, 3.63) is 24.3 Å². The summed E-state index contributed by atoms with van der Waals surface area (Å²) in [5, 5.41) is 3.04. The summed E-state index contributed by atoms with van der Waals surface area (Å²) >= 11 is 0. The molecule has 0 aromatic heterocycles. The average Bonchev–Trinajstić information content (AvgIpc) is 2.51. The molecule has 0 heterocycles. The van der Waals surface area contributed by atoms with E-state index < -0.39 is 0 Å². The molecule has 2 atom stereocenters. The van der Waals surface area contributed by atoms with Crippen LogP contribution in [0.15, 0.2) is 24.3 Å². The number of carbonyl (C=O) groups is 1. The van der Waals surface area contributed by atoms with Crippen LogP contribution < -0.4 is 5.32 Å². The molecule has 68 valence electrons. The van der Waals surface area contributed by atoms with E-state index in [1.807, 2.05) is 0 Å². The Labute approximate surface area is 77.7 Å². The topological polar surface area (TPSA) is 29.1 Å². The third-order valence-corrected chi connectivity index (χ3v) is 3.64. The quantitative estimate of drug-likeness (QED) is 0.594. The van der Waals surface area contributed by atoms with E-state index in [0.717, 1.165) is 5.92 Å². The van der Waals surface area contributed by atoms with Gasteiger partial charge in [0.25, 0.3) is 0 Å². The minimum atomic E-state index is 0.0978. The van der Waals surface area contributed by atoms with Gasteiger partial charge in [0.1, 0.15) is 0 Å². The second-order valence-corrected chi connectivity index (χ2v) is 4.31. The second-order valence-electron chi connectivity index (χ2n) is 4.31. The van der Waals surface area contributed by atoms with Crippen LogP contribution in [0.3, 0.4) is 0 Å². The van der Waals surface area contributed by atoms with E-state index in [-0.39, 0.29) is 5.91 Å². The number of allylic oxidation sites excluding steroid dienone is 2. The van der Waals surface area contributed by atoms with Gasteiger partial charge < -0.3 is 5.32 Å². The molecule has 0 aliphatic heterocycles. The van der Waals surface area contributed by atoms with E-state index >= 15 is 0 Å². The van der Waals surface area contributed by atoms with Crippen LogP contribution in [-0.2, 0) is 4.79 Å². The van der Waals surface area contributed by atoms with Gasteiger partial charge in [-0.1, -0.05) is 24.3 Å². The predicted molar refractivity (Wildman–Crippen MR) is 49.8 cm³/mol. The normalized spacial score (nSPS) is 48.8. The van der Waals surface area contributed by atoms with Crippen LogP contribution in [0, 0.1) is 23.7 Å². The number of carbonyl (C=O) groups excluding carboxylic acids is 1. The smallest absolute Gasteiger partial charge is 0.217 e. The van der Waals surface area contributed by atoms with Crippen molar-refractivity contribution < 1.29 is 4.79 Å². The summed E-state index contributed by atoms with van der Waals surface area (Å²) in [6, 6.07) is 0.377. The Bertz CT molecular complexity index is 296. The minimum absolute atomic E-state index is 0.0978. The predicted octanol–water partition coefficient (Wildman–Crippen LogP) is 1.11. The molecule has 1 fully saturated rings. The van der Waals surface area contributed by atoms with E-state index in [9.17, 15) is 4.79 Å². The molecule has 2 heteroatoms. The van der Waals surface area contributed by atoms with Crippen LogP contribution in [0.25, 0.3) is 0 Å². The lowest BCUT2D eigenvalue weighted by Crippen LogP contribution is -2.56.